The highest BCUT2D eigenvalue weighted by Gasteiger charge is 2.24. The van der Waals surface area contributed by atoms with E-state index in [1.807, 2.05) is 42.5 Å². The number of hydrogen-bond acceptors (Lipinski definition) is 5. The van der Waals surface area contributed by atoms with Crippen LogP contribution in [0.15, 0.2) is 72.9 Å². The van der Waals surface area contributed by atoms with Crippen molar-refractivity contribution in [1.82, 2.24) is 15.2 Å². The molecule has 6 nitrogen and oxygen atoms in total. The average Bonchev–Trinajstić information content (AvgIpc) is 2.85. The fraction of sp³-hybridized carbons (Fsp3) is 0.308. The Kier molecular flexibility index (Phi) is 7.65. The first-order chi connectivity index (χ1) is 16.1. The number of anilines is 1. The van der Waals surface area contributed by atoms with Crippen LogP contribution in [0.2, 0.25) is 0 Å². The molecule has 1 amide bonds. The normalized spacial score (nSPS) is 15.3. The second kappa shape index (κ2) is 11.0. The molecule has 1 aliphatic rings. The van der Waals surface area contributed by atoms with E-state index in [1.54, 1.807) is 24.4 Å². The number of aryl methyl sites for hydroxylation is 1. The molecule has 2 aromatic carbocycles. The van der Waals surface area contributed by atoms with E-state index in [-0.39, 0.29) is 11.7 Å². The lowest BCUT2D eigenvalue weighted by molar-refractivity contribution is 0.0765. The summed E-state index contributed by atoms with van der Waals surface area (Å²) in [4.78, 5) is 21.6. The number of aromatic nitrogens is 1. The predicted molar refractivity (Wildman–Crippen MR) is 126 cm³/mol. The number of hydrogen-bond donors (Lipinski definition) is 2. The maximum absolute atomic E-state index is 14.0. The van der Waals surface area contributed by atoms with Crippen LogP contribution in [0.5, 0.6) is 0 Å². The highest BCUT2D eigenvalue weighted by Crippen LogP contribution is 2.20. The number of pyridine rings is 1. The van der Waals surface area contributed by atoms with Crippen LogP contribution in [0.25, 0.3) is 0 Å². The van der Waals surface area contributed by atoms with Crippen LogP contribution in [0.4, 0.5) is 10.2 Å². The fourth-order valence-corrected chi connectivity index (χ4v) is 4.06. The van der Waals surface area contributed by atoms with Gasteiger partial charge >= 0.3 is 0 Å². The second-order valence-electron chi connectivity index (χ2n) is 8.24. The van der Waals surface area contributed by atoms with Gasteiger partial charge in [-0.15, -0.1) is 0 Å². The lowest BCUT2D eigenvalue weighted by atomic mass is 10.1. The van der Waals surface area contributed by atoms with Crippen LogP contribution in [0.3, 0.4) is 0 Å². The number of carbonyl (C=O) groups is 1. The van der Waals surface area contributed by atoms with Gasteiger partial charge in [-0.2, -0.15) is 0 Å². The average molecular weight is 449 g/mol. The monoisotopic (exact) mass is 448 g/mol. The summed E-state index contributed by atoms with van der Waals surface area (Å²) in [5.41, 5.74) is 2.24. The van der Waals surface area contributed by atoms with E-state index in [0.717, 1.165) is 18.7 Å². The third-order valence-electron chi connectivity index (χ3n) is 5.90. The first kappa shape index (κ1) is 22.9. The largest absolute Gasteiger partial charge is 0.374 e. The van der Waals surface area contributed by atoms with Crippen LogP contribution in [0.1, 0.15) is 27.9 Å². The minimum atomic E-state index is -0.941. The molecule has 0 spiro atoms. The zero-order valence-electron chi connectivity index (χ0n) is 18.5. The molecule has 172 valence electrons. The zero-order valence-corrected chi connectivity index (χ0v) is 18.5. The van der Waals surface area contributed by atoms with Crippen LogP contribution in [0, 0.1) is 5.82 Å². The van der Waals surface area contributed by atoms with Gasteiger partial charge in [-0.25, -0.2) is 9.37 Å². The molecule has 0 radical (unpaired) electrons. The molecule has 0 bridgehead atoms. The summed E-state index contributed by atoms with van der Waals surface area (Å²) >= 11 is 0. The Morgan fingerprint density at radius 2 is 1.73 bits per heavy atom. The first-order valence-corrected chi connectivity index (χ1v) is 11.3. The Labute approximate surface area is 193 Å². The number of aliphatic hydroxyl groups is 1. The van der Waals surface area contributed by atoms with E-state index in [0.29, 0.717) is 49.4 Å². The van der Waals surface area contributed by atoms with Crippen LogP contribution in [-0.4, -0.2) is 53.3 Å². The Balaban J connectivity index is 1.33. The third kappa shape index (κ3) is 6.15. The third-order valence-corrected chi connectivity index (χ3v) is 5.90. The lowest BCUT2D eigenvalue weighted by Gasteiger charge is -2.36. The van der Waals surface area contributed by atoms with E-state index in [4.69, 9.17) is 0 Å². The highest BCUT2D eigenvalue weighted by atomic mass is 19.1. The number of benzene rings is 2. The van der Waals surface area contributed by atoms with Gasteiger partial charge in [0.25, 0.3) is 5.91 Å². The maximum Gasteiger partial charge on any atom is 0.257 e. The maximum atomic E-state index is 14.0. The van der Waals surface area contributed by atoms with Gasteiger partial charge in [0.2, 0.25) is 0 Å². The Bertz CT molecular complexity index is 1050. The van der Waals surface area contributed by atoms with Crippen molar-refractivity contribution in [2.75, 3.05) is 31.1 Å². The summed E-state index contributed by atoms with van der Waals surface area (Å²) < 4.78 is 14.0. The lowest BCUT2D eigenvalue weighted by Crippen LogP contribution is -2.47. The molecule has 2 N–H and O–H groups in total. The molecule has 1 fully saturated rings. The fourth-order valence-electron chi connectivity index (χ4n) is 4.06. The van der Waals surface area contributed by atoms with Crippen LogP contribution in [-0.2, 0) is 13.0 Å². The topological polar surface area (TPSA) is 68.7 Å². The molecular weight excluding hydrogens is 419 g/mol. The van der Waals surface area contributed by atoms with E-state index >= 15 is 0 Å². The molecule has 1 saturated heterocycles. The van der Waals surface area contributed by atoms with Crippen LogP contribution >= 0.6 is 0 Å². The van der Waals surface area contributed by atoms with Crippen molar-refractivity contribution in [2.45, 2.75) is 25.6 Å². The number of nitrogens with zero attached hydrogens (tertiary/aromatic N) is 3. The van der Waals surface area contributed by atoms with Crippen molar-refractivity contribution in [2.24, 2.45) is 0 Å². The van der Waals surface area contributed by atoms with E-state index < -0.39 is 6.23 Å². The molecule has 0 aliphatic carbocycles. The molecule has 2 heterocycles. The quantitative estimate of drug-likeness (QED) is 0.518. The van der Waals surface area contributed by atoms with E-state index in [2.05, 4.69) is 20.1 Å². The van der Waals surface area contributed by atoms with Crippen molar-refractivity contribution < 1.29 is 14.3 Å². The van der Waals surface area contributed by atoms with Gasteiger partial charge in [-0.3, -0.25) is 9.69 Å². The number of rotatable bonds is 8. The molecule has 1 unspecified atom stereocenters. The zero-order chi connectivity index (χ0) is 23.0. The van der Waals surface area contributed by atoms with Crippen molar-refractivity contribution in [1.29, 1.82) is 0 Å². The molecule has 0 saturated carbocycles. The number of halogens is 1. The van der Waals surface area contributed by atoms with Gasteiger partial charge in [0.05, 0.1) is 5.56 Å². The number of nitrogens with one attached hydrogen (secondary N) is 1. The van der Waals surface area contributed by atoms with Crippen molar-refractivity contribution in [3.8, 4) is 0 Å². The smallest absolute Gasteiger partial charge is 0.257 e. The standard InChI is InChI=1S/C26H29FN4O2/c27-23-11-5-4-9-21(23)19-30-15-17-31(18-16-30)25-22(10-6-14-28-25)26(33)29-24(32)13-12-20-7-2-1-3-8-20/h1-11,14,24,32H,12-13,15-19H2,(H,29,33). The molecule has 3 aromatic rings. The van der Waals surface area contributed by atoms with Crippen molar-refractivity contribution >= 4 is 11.7 Å². The van der Waals surface area contributed by atoms with Gasteiger partial charge < -0.3 is 15.3 Å². The molecule has 1 aromatic heterocycles. The molecule has 7 heteroatoms. The molecule has 1 atom stereocenters. The molecule has 1 aliphatic heterocycles. The second-order valence-corrected chi connectivity index (χ2v) is 8.24. The van der Waals surface area contributed by atoms with E-state index in [9.17, 15) is 14.3 Å². The summed E-state index contributed by atoms with van der Waals surface area (Å²) in [6.45, 7) is 3.41. The number of amides is 1. The van der Waals surface area contributed by atoms with Gasteiger partial charge in [-0.1, -0.05) is 48.5 Å². The minimum Gasteiger partial charge on any atom is -0.374 e. The summed E-state index contributed by atoms with van der Waals surface area (Å²) in [5.74, 6) is 0.0812. The number of piperazine rings is 1. The highest BCUT2D eigenvalue weighted by molar-refractivity contribution is 5.99. The summed E-state index contributed by atoms with van der Waals surface area (Å²) in [7, 11) is 0. The SMILES string of the molecule is O=C(NC(O)CCc1ccccc1)c1cccnc1N1CCN(Cc2ccccc2F)CC1. The summed E-state index contributed by atoms with van der Waals surface area (Å²) in [6.07, 6.45) is 1.83. The van der Waals surface area contributed by atoms with Crippen molar-refractivity contribution in [3.05, 3.63) is 95.4 Å². The predicted octanol–water partition coefficient (Wildman–Crippen LogP) is 3.22. The Morgan fingerprint density at radius 3 is 2.48 bits per heavy atom. The van der Waals surface area contributed by atoms with Gasteiger partial charge in [0.15, 0.2) is 0 Å². The Morgan fingerprint density at radius 1 is 1.00 bits per heavy atom. The van der Waals surface area contributed by atoms with Gasteiger partial charge in [-0.05, 0) is 36.6 Å². The van der Waals surface area contributed by atoms with Gasteiger partial charge in [0, 0.05) is 44.5 Å². The molecule has 33 heavy (non-hydrogen) atoms. The number of carbonyl (C=O) groups excluding carboxylic acids is 1. The Hall–Kier alpha value is -3.29. The minimum absolute atomic E-state index is 0.186. The van der Waals surface area contributed by atoms with Crippen LogP contribution < -0.4 is 10.2 Å². The first-order valence-electron chi connectivity index (χ1n) is 11.3. The van der Waals surface area contributed by atoms with E-state index in [1.165, 1.54) is 6.07 Å². The van der Waals surface area contributed by atoms with Gasteiger partial charge in [0.1, 0.15) is 17.9 Å². The summed E-state index contributed by atoms with van der Waals surface area (Å²) in [6, 6.07) is 20.2. The number of aliphatic hydroxyl groups excluding tert-OH is 1. The summed E-state index contributed by atoms with van der Waals surface area (Å²) in [5, 5.41) is 13.0. The molecule has 4 rings (SSSR count). The van der Waals surface area contributed by atoms with Crippen molar-refractivity contribution in [3.63, 3.8) is 0 Å². The molecular formula is C26H29FN4O2.